The van der Waals surface area contributed by atoms with E-state index in [2.05, 4.69) is 0 Å². The number of para-hydroxylation sites is 1. The SMILES string of the molecule is CC.CCOC(=O)c1c(S(=O)(=O)N(C)C)c2ccccc2n1S(=O)(=O)c1ccccc1. The van der Waals surface area contributed by atoms with Gasteiger partial charge in [-0.25, -0.2) is 29.9 Å². The molecular formula is C21H26N2O6S2. The maximum Gasteiger partial charge on any atom is 0.357 e. The van der Waals surface area contributed by atoms with Crippen molar-refractivity contribution < 1.29 is 26.4 Å². The fourth-order valence-electron chi connectivity index (χ4n) is 2.95. The smallest absolute Gasteiger partial charge is 0.357 e. The summed E-state index contributed by atoms with van der Waals surface area (Å²) >= 11 is 0. The molecule has 31 heavy (non-hydrogen) atoms. The van der Waals surface area contributed by atoms with Gasteiger partial charge >= 0.3 is 5.97 Å². The Hall–Kier alpha value is -2.69. The molecule has 3 aromatic rings. The molecule has 0 amide bonds. The number of sulfonamides is 1. The van der Waals surface area contributed by atoms with Gasteiger partial charge in [0.05, 0.1) is 17.0 Å². The first-order chi connectivity index (χ1) is 14.6. The highest BCUT2D eigenvalue weighted by atomic mass is 32.2. The molecule has 0 aliphatic carbocycles. The number of carbonyl (C=O) groups excluding carboxylic acids is 1. The normalized spacial score (nSPS) is 11.8. The molecule has 0 aliphatic heterocycles. The Morgan fingerprint density at radius 3 is 2.03 bits per heavy atom. The van der Waals surface area contributed by atoms with Crippen molar-refractivity contribution in [2.24, 2.45) is 0 Å². The zero-order valence-corrected chi connectivity index (χ0v) is 19.7. The number of carbonyl (C=O) groups is 1. The number of hydrogen-bond acceptors (Lipinski definition) is 6. The van der Waals surface area contributed by atoms with Crippen molar-refractivity contribution in [1.82, 2.24) is 8.28 Å². The van der Waals surface area contributed by atoms with Gasteiger partial charge in [0.1, 0.15) is 4.90 Å². The van der Waals surface area contributed by atoms with Crippen LogP contribution >= 0.6 is 0 Å². The van der Waals surface area contributed by atoms with Gasteiger partial charge in [0.25, 0.3) is 10.0 Å². The van der Waals surface area contributed by atoms with Gasteiger partial charge in [0.2, 0.25) is 10.0 Å². The van der Waals surface area contributed by atoms with Gasteiger partial charge in [0, 0.05) is 19.5 Å². The Morgan fingerprint density at radius 2 is 1.48 bits per heavy atom. The third-order valence-electron chi connectivity index (χ3n) is 4.27. The average molecular weight is 467 g/mol. The Kier molecular flexibility index (Phi) is 7.63. The van der Waals surface area contributed by atoms with Gasteiger partial charge in [-0.1, -0.05) is 50.2 Å². The molecule has 3 rings (SSSR count). The van der Waals surface area contributed by atoms with Crippen LogP contribution in [0.4, 0.5) is 0 Å². The number of nitrogens with zero attached hydrogens (tertiary/aromatic N) is 2. The van der Waals surface area contributed by atoms with Crippen molar-refractivity contribution in [3.05, 3.63) is 60.3 Å². The standard InChI is InChI=1S/C19H20N2O6S2.C2H6/c1-4-27-19(22)17-18(29(25,26)20(2)3)15-12-8-9-13-16(15)21(17)28(23,24)14-10-6-5-7-11-14;1-2/h5-13H,4H2,1-3H3;1-2H3. The summed E-state index contributed by atoms with van der Waals surface area (Å²) in [5.74, 6) is -1.04. The predicted molar refractivity (Wildman–Crippen MR) is 119 cm³/mol. The molecule has 1 heterocycles. The number of rotatable bonds is 6. The lowest BCUT2D eigenvalue weighted by atomic mass is 10.2. The van der Waals surface area contributed by atoms with E-state index < -0.39 is 36.6 Å². The molecule has 0 radical (unpaired) electrons. The van der Waals surface area contributed by atoms with Gasteiger partial charge < -0.3 is 4.74 Å². The number of ether oxygens (including phenoxy) is 1. The monoisotopic (exact) mass is 466 g/mol. The summed E-state index contributed by atoms with van der Waals surface area (Å²) < 4.78 is 59.7. The van der Waals surface area contributed by atoms with E-state index in [0.717, 1.165) is 8.28 Å². The van der Waals surface area contributed by atoms with E-state index in [1.54, 1.807) is 37.3 Å². The zero-order valence-electron chi connectivity index (χ0n) is 18.1. The molecule has 2 aromatic carbocycles. The average Bonchev–Trinajstić information content (AvgIpc) is 3.12. The lowest BCUT2D eigenvalue weighted by Crippen LogP contribution is -2.26. The molecule has 10 heteroatoms. The Bertz CT molecular complexity index is 1280. The second-order valence-corrected chi connectivity index (χ2v) is 10.2. The number of benzene rings is 2. The first kappa shape index (κ1) is 24.6. The maximum atomic E-state index is 13.4. The van der Waals surface area contributed by atoms with Crippen molar-refractivity contribution >= 4 is 36.9 Å². The third kappa shape index (κ3) is 4.36. The highest BCUT2D eigenvalue weighted by molar-refractivity contribution is 7.91. The predicted octanol–water partition coefficient (Wildman–Crippen LogP) is 3.33. The second-order valence-electron chi connectivity index (χ2n) is 6.29. The van der Waals surface area contributed by atoms with Gasteiger partial charge in [-0.15, -0.1) is 0 Å². The lowest BCUT2D eigenvalue weighted by molar-refractivity contribution is 0.0514. The lowest BCUT2D eigenvalue weighted by Gasteiger charge is -2.14. The first-order valence-corrected chi connectivity index (χ1v) is 12.6. The number of aromatic nitrogens is 1. The Balaban J connectivity index is 0.00000166. The highest BCUT2D eigenvalue weighted by Crippen LogP contribution is 2.35. The van der Waals surface area contributed by atoms with E-state index in [-0.39, 0.29) is 22.4 Å². The molecule has 0 spiro atoms. The number of esters is 1. The van der Waals surface area contributed by atoms with Gasteiger partial charge in [-0.3, -0.25) is 0 Å². The van der Waals surface area contributed by atoms with E-state index in [1.807, 2.05) is 13.8 Å². The van der Waals surface area contributed by atoms with E-state index in [1.165, 1.54) is 38.4 Å². The molecule has 0 fully saturated rings. The van der Waals surface area contributed by atoms with Crippen LogP contribution < -0.4 is 0 Å². The summed E-state index contributed by atoms with van der Waals surface area (Å²) in [4.78, 5) is 12.3. The topological polar surface area (TPSA) is 103 Å². The van der Waals surface area contributed by atoms with Gasteiger partial charge in [-0.2, -0.15) is 0 Å². The third-order valence-corrected chi connectivity index (χ3v) is 7.89. The van der Waals surface area contributed by atoms with E-state index >= 15 is 0 Å². The van der Waals surface area contributed by atoms with Crippen LogP contribution in [-0.4, -0.2) is 51.8 Å². The summed E-state index contributed by atoms with van der Waals surface area (Å²) in [6.07, 6.45) is 0. The van der Waals surface area contributed by atoms with Gasteiger partial charge in [-0.05, 0) is 25.1 Å². The highest BCUT2D eigenvalue weighted by Gasteiger charge is 2.37. The van der Waals surface area contributed by atoms with E-state index in [4.69, 9.17) is 4.74 Å². The minimum absolute atomic E-state index is 0.0484. The molecule has 0 aliphatic rings. The van der Waals surface area contributed by atoms with Crippen LogP contribution in [0.3, 0.4) is 0 Å². The Morgan fingerprint density at radius 1 is 0.935 bits per heavy atom. The van der Waals surface area contributed by atoms with Crippen LogP contribution in [0.25, 0.3) is 10.9 Å². The summed E-state index contributed by atoms with van der Waals surface area (Å²) in [6.45, 7) is 5.50. The van der Waals surface area contributed by atoms with Crippen molar-refractivity contribution in [1.29, 1.82) is 0 Å². The van der Waals surface area contributed by atoms with Crippen molar-refractivity contribution in [3.63, 3.8) is 0 Å². The van der Waals surface area contributed by atoms with Crippen molar-refractivity contribution in [3.8, 4) is 0 Å². The summed E-state index contributed by atoms with van der Waals surface area (Å²) in [6, 6.07) is 13.5. The maximum absolute atomic E-state index is 13.4. The van der Waals surface area contributed by atoms with Gasteiger partial charge in [0.15, 0.2) is 5.69 Å². The van der Waals surface area contributed by atoms with Crippen molar-refractivity contribution in [2.75, 3.05) is 20.7 Å². The molecule has 0 atom stereocenters. The molecular weight excluding hydrogens is 440 g/mol. The van der Waals surface area contributed by atoms with Crippen LogP contribution in [0.2, 0.25) is 0 Å². The molecule has 0 unspecified atom stereocenters. The zero-order chi connectivity index (χ0) is 23.4. The summed E-state index contributed by atoms with van der Waals surface area (Å²) in [7, 11) is -5.85. The molecule has 0 N–H and O–H groups in total. The van der Waals surface area contributed by atoms with E-state index in [0.29, 0.717) is 0 Å². The van der Waals surface area contributed by atoms with Crippen LogP contribution in [0, 0.1) is 0 Å². The first-order valence-electron chi connectivity index (χ1n) is 9.67. The largest absolute Gasteiger partial charge is 0.461 e. The Labute approximate surface area is 183 Å². The van der Waals surface area contributed by atoms with Crippen LogP contribution in [0.5, 0.6) is 0 Å². The fraction of sp³-hybridized carbons (Fsp3) is 0.286. The molecule has 1 aromatic heterocycles. The second kappa shape index (κ2) is 9.63. The minimum Gasteiger partial charge on any atom is -0.461 e. The molecule has 0 saturated heterocycles. The summed E-state index contributed by atoms with van der Waals surface area (Å²) in [5, 5.41) is 0.115. The molecule has 0 saturated carbocycles. The van der Waals surface area contributed by atoms with Crippen LogP contribution in [-0.2, 0) is 24.8 Å². The summed E-state index contributed by atoms with van der Waals surface area (Å²) in [5.41, 5.74) is -0.481. The van der Waals surface area contributed by atoms with Crippen LogP contribution in [0.15, 0.2) is 64.4 Å². The van der Waals surface area contributed by atoms with Crippen molar-refractivity contribution in [2.45, 2.75) is 30.6 Å². The molecule has 168 valence electrons. The molecule has 0 bridgehead atoms. The molecule has 8 nitrogen and oxygen atoms in total. The fourth-order valence-corrected chi connectivity index (χ4v) is 5.78. The van der Waals surface area contributed by atoms with Crippen LogP contribution in [0.1, 0.15) is 31.3 Å². The number of hydrogen-bond donors (Lipinski definition) is 0. The van der Waals surface area contributed by atoms with E-state index in [9.17, 15) is 21.6 Å². The minimum atomic E-state index is -4.29. The number of fused-ring (bicyclic) bond motifs is 1. The quantitative estimate of drug-likeness (QED) is 0.516.